The Morgan fingerprint density at radius 1 is 1.17 bits per heavy atom. The molecule has 30 heavy (non-hydrogen) atoms. The first-order chi connectivity index (χ1) is 14.7. The monoisotopic (exact) mass is 409 g/mol. The van der Waals surface area contributed by atoms with Crippen LogP contribution in [0.4, 0.5) is 5.69 Å². The SMILES string of the molecule is CCOC(=O)C1(COc2ccc3c(c2)CNCCC3)CCN(c2ccncc2)CC1. The van der Waals surface area contributed by atoms with Gasteiger partial charge in [0, 0.05) is 37.7 Å². The molecule has 6 heteroatoms. The number of carbonyl (C=O) groups is 1. The molecule has 6 nitrogen and oxygen atoms in total. The molecule has 1 fully saturated rings. The molecule has 0 aliphatic carbocycles. The van der Waals surface area contributed by atoms with Gasteiger partial charge < -0.3 is 19.7 Å². The minimum atomic E-state index is -0.607. The molecule has 2 aromatic rings. The highest BCUT2D eigenvalue weighted by Crippen LogP contribution is 2.36. The zero-order chi connectivity index (χ0) is 20.8. The van der Waals surface area contributed by atoms with Gasteiger partial charge in [-0.3, -0.25) is 9.78 Å². The van der Waals surface area contributed by atoms with Crippen LogP contribution in [0.5, 0.6) is 5.75 Å². The summed E-state index contributed by atoms with van der Waals surface area (Å²) in [7, 11) is 0. The van der Waals surface area contributed by atoms with Crippen molar-refractivity contribution in [3.8, 4) is 5.75 Å². The van der Waals surface area contributed by atoms with Crippen LogP contribution in [0.25, 0.3) is 0 Å². The molecule has 1 saturated heterocycles. The van der Waals surface area contributed by atoms with E-state index in [0.717, 1.165) is 50.5 Å². The Hall–Kier alpha value is -2.60. The largest absolute Gasteiger partial charge is 0.492 e. The zero-order valence-electron chi connectivity index (χ0n) is 17.7. The number of nitrogens with one attached hydrogen (secondary N) is 1. The third kappa shape index (κ3) is 4.59. The minimum absolute atomic E-state index is 0.143. The predicted octanol–water partition coefficient (Wildman–Crippen LogP) is 3.35. The fraction of sp³-hybridized carbons (Fsp3) is 0.500. The number of rotatable bonds is 6. The van der Waals surface area contributed by atoms with Crippen molar-refractivity contribution in [2.45, 2.75) is 39.2 Å². The second kappa shape index (κ2) is 9.47. The first kappa shape index (κ1) is 20.7. The van der Waals surface area contributed by atoms with Crippen molar-refractivity contribution in [2.24, 2.45) is 5.41 Å². The minimum Gasteiger partial charge on any atom is -0.492 e. The molecule has 2 aliphatic heterocycles. The number of aromatic nitrogens is 1. The number of anilines is 1. The second-order valence-electron chi connectivity index (χ2n) is 8.19. The van der Waals surface area contributed by atoms with Gasteiger partial charge in [0.15, 0.2) is 0 Å². The predicted molar refractivity (Wildman–Crippen MR) is 117 cm³/mol. The number of piperidine rings is 1. The molecular weight excluding hydrogens is 378 g/mol. The van der Waals surface area contributed by atoms with Crippen LogP contribution < -0.4 is 15.0 Å². The average Bonchev–Trinajstić information content (AvgIpc) is 3.04. The Morgan fingerprint density at radius 2 is 1.97 bits per heavy atom. The number of esters is 1. The normalized spacial score (nSPS) is 18.2. The summed E-state index contributed by atoms with van der Waals surface area (Å²) in [4.78, 5) is 19.3. The second-order valence-corrected chi connectivity index (χ2v) is 8.19. The van der Waals surface area contributed by atoms with Gasteiger partial charge in [0.2, 0.25) is 0 Å². The van der Waals surface area contributed by atoms with Crippen LogP contribution >= 0.6 is 0 Å². The Bertz CT molecular complexity index is 848. The van der Waals surface area contributed by atoms with Crippen LogP contribution in [0.1, 0.15) is 37.3 Å². The highest BCUT2D eigenvalue weighted by atomic mass is 16.5. The Balaban J connectivity index is 1.45. The van der Waals surface area contributed by atoms with E-state index >= 15 is 0 Å². The van der Waals surface area contributed by atoms with Crippen molar-refractivity contribution < 1.29 is 14.3 Å². The molecule has 1 aromatic heterocycles. The van der Waals surface area contributed by atoms with E-state index in [2.05, 4.69) is 27.3 Å². The average molecular weight is 410 g/mol. The first-order valence-corrected chi connectivity index (χ1v) is 11.0. The lowest BCUT2D eigenvalue weighted by atomic mass is 9.79. The summed E-state index contributed by atoms with van der Waals surface area (Å²) in [5, 5.41) is 3.46. The van der Waals surface area contributed by atoms with Gasteiger partial charge in [0.1, 0.15) is 17.8 Å². The number of nitrogens with zero attached hydrogens (tertiary/aromatic N) is 2. The van der Waals surface area contributed by atoms with Gasteiger partial charge in [-0.25, -0.2) is 0 Å². The molecule has 160 valence electrons. The lowest BCUT2D eigenvalue weighted by molar-refractivity contribution is -0.159. The van der Waals surface area contributed by atoms with Gasteiger partial charge in [0.05, 0.1) is 6.61 Å². The summed E-state index contributed by atoms with van der Waals surface area (Å²) in [6.45, 7) is 6.10. The number of hydrogen-bond donors (Lipinski definition) is 1. The zero-order valence-corrected chi connectivity index (χ0v) is 17.7. The summed E-state index contributed by atoms with van der Waals surface area (Å²) in [5.41, 5.74) is 3.22. The maximum Gasteiger partial charge on any atom is 0.315 e. The molecule has 0 spiro atoms. The van der Waals surface area contributed by atoms with Crippen molar-refractivity contribution in [1.29, 1.82) is 0 Å². The van der Waals surface area contributed by atoms with Gasteiger partial charge in [-0.05, 0) is 74.5 Å². The summed E-state index contributed by atoms with van der Waals surface area (Å²) in [6, 6.07) is 10.4. The number of ether oxygens (including phenoxy) is 2. The quantitative estimate of drug-likeness (QED) is 0.739. The van der Waals surface area contributed by atoms with Gasteiger partial charge in [-0.15, -0.1) is 0 Å². The molecule has 0 atom stereocenters. The van der Waals surface area contributed by atoms with Crippen LogP contribution in [0, 0.1) is 5.41 Å². The Labute approximate surface area is 178 Å². The Kier molecular flexibility index (Phi) is 6.53. The third-order valence-electron chi connectivity index (χ3n) is 6.26. The van der Waals surface area contributed by atoms with Crippen molar-refractivity contribution >= 4 is 11.7 Å². The van der Waals surface area contributed by atoms with E-state index in [-0.39, 0.29) is 5.97 Å². The smallest absolute Gasteiger partial charge is 0.315 e. The lowest BCUT2D eigenvalue weighted by Gasteiger charge is -2.40. The van der Waals surface area contributed by atoms with E-state index in [1.807, 2.05) is 25.1 Å². The highest BCUT2D eigenvalue weighted by Gasteiger charge is 2.43. The molecule has 0 amide bonds. The molecule has 0 saturated carbocycles. The highest BCUT2D eigenvalue weighted by molar-refractivity contribution is 5.77. The van der Waals surface area contributed by atoms with Crippen molar-refractivity contribution in [3.63, 3.8) is 0 Å². The topological polar surface area (TPSA) is 63.7 Å². The summed E-state index contributed by atoms with van der Waals surface area (Å²) >= 11 is 0. The number of pyridine rings is 1. The standard InChI is InChI=1S/C24H31N3O3/c1-2-29-23(28)24(9-14-27(15-10-24)21-7-12-25-13-8-21)18-30-22-6-5-19-4-3-11-26-17-20(19)16-22/h5-8,12-13,16,26H,2-4,9-11,14-15,17-18H2,1H3. The van der Waals surface area contributed by atoms with E-state index < -0.39 is 5.41 Å². The van der Waals surface area contributed by atoms with Crippen LogP contribution in [-0.2, 0) is 22.5 Å². The molecule has 1 aromatic carbocycles. The first-order valence-electron chi connectivity index (χ1n) is 11.0. The third-order valence-corrected chi connectivity index (χ3v) is 6.26. The maximum atomic E-state index is 12.9. The van der Waals surface area contributed by atoms with Crippen LogP contribution in [0.2, 0.25) is 0 Å². The van der Waals surface area contributed by atoms with Gasteiger partial charge >= 0.3 is 5.97 Å². The van der Waals surface area contributed by atoms with E-state index in [0.29, 0.717) is 26.1 Å². The van der Waals surface area contributed by atoms with Crippen LogP contribution in [-0.4, -0.2) is 43.8 Å². The number of hydrogen-bond acceptors (Lipinski definition) is 6. The lowest BCUT2D eigenvalue weighted by Crippen LogP contribution is -2.48. The molecular formula is C24H31N3O3. The fourth-order valence-corrected chi connectivity index (χ4v) is 4.39. The fourth-order valence-electron chi connectivity index (χ4n) is 4.39. The number of fused-ring (bicyclic) bond motifs is 1. The Morgan fingerprint density at radius 3 is 2.73 bits per heavy atom. The van der Waals surface area contributed by atoms with Crippen molar-refractivity contribution in [2.75, 3.05) is 37.7 Å². The van der Waals surface area contributed by atoms with E-state index in [1.165, 1.54) is 11.1 Å². The van der Waals surface area contributed by atoms with E-state index in [1.54, 1.807) is 12.4 Å². The summed E-state index contributed by atoms with van der Waals surface area (Å²) in [5.74, 6) is 0.688. The van der Waals surface area contributed by atoms with Gasteiger partial charge in [0.25, 0.3) is 0 Å². The molecule has 1 N–H and O–H groups in total. The number of carbonyl (C=O) groups excluding carboxylic acids is 1. The molecule has 0 bridgehead atoms. The number of aryl methyl sites for hydroxylation is 1. The van der Waals surface area contributed by atoms with Crippen molar-refractivity contribution in [3.05, 3.63) is 53.9 Å². The molecule has 2 aliphatic rings. The van der Waals surface area contributed by atoms with E-state index in [4.69, 9.17) is 9.47 Å². The molecule has 3 heterocycles. The summed E-state index contributed by atoms with van der Waals surface area (Å²) < 4.78 is 11.7. The van der Waals surface area contributed by atoms with Crippen LogP contribution in [0.3, 0.4) is 0 Å². The van der Waals surface area contributed by atoms with Crippen molar-refractivity contribution in [1.82, 2.24) is 10.3 Å². The van der Waals surface area contributed by atoms with Crippen LogP contribution in [0.15, 0.2) is 42.7 Å². The number of benzene rings is 1. The maximum absolute atomic E-state index is 12.9. The summed E-state index contributed by atoms with van der Waals surface area (Å²) in [6.07, 6.45) is 7.28. The van der Waals surface area contributed by atoms with Gasteiger partial charge in [-0.2, -0.15) is 0 Å². The molecule has 0 radical (unpaired) electrons. The van der Waals surface area contributed by atoms with Gasteiger partial charge in [-0.1, -0.05) is 6.07 Å². The molecule has 0 unspecified atom stereocenters. The van der Waals surface area contributed by atoms with E-state index in [9.17, 15) is 4.79 Å². The molecule has 4 rings (SSSR count).